The van der Waals surface area contributed by atoms with E-state index in [4.69, 9.17) is 0 Å². The molecule has 1 heterocycles. The predicted molar refractivity (Wildman–Crippen MR) is 117 cm³/mol. The fourth-order valence-electron chi connectivity index (χ4n) is 3.08. The van der Waals surface area contributed by atoms with Crippen molar-refractivity contribution >= 4 is 47.0 Å². The summed E-state index contributed by atoms with van der Waals surface area (Å²) in [5, 5.41) is 17.3. The number of carboxylic acids is 1. The van der Waals surface area contributed by atoms with Crippen LogP contribution in [-0.2, 0) is 14.4 Å². The lowest BCUT2D eigenvalue weighted by atomic mass is 9.98. The van der Waals surface area contributed by atoms with Crippen LogP contribution in [0.5, 0.6) is 0 Å². The van der Waals surface area contributed by atoms with E-state index in [0.29, 0.717) is 23.5 Å². The summed E-state index contributed by atoms with van der Waals surface area (Å²) in [4.78, 5) is 50.6. The lowest BCUT2D eigenvalue weighted by Crippen LogP contribution is -2.57. The number of carboxylic acid groups (broad SMARTS) is 1. The van der Waals surface area contributed by atoms with Crippen molar-refractivity contribution in [3.63, 3.8) is 0 Å². The molecule has 1 aliphatic rings. The molecule has 0 saturated carbocycles. The number of hydrogen-bond acceptors (Lipinski definition) is 5. The molecule has 1 aromatic rings. The summed E-state index contributed by atoms with van der Waals surface area (Å²) in [5.74, 6) is -1.67. The van der Waals surface area contributed by atoms with Gasteiger partial charge in [-0.2, -0.15) is 11.8 Å². The first-order valence-electron chi connectivity index (χ1n) is 9.77. The molecule has 0 aliphatic carbocycles. The van der Waals surface area contributed by atoms with Crippen LogP contribution in [0.15, 0.2) is 24.3 Å². The van der Waals surface area contributed by atoms with Gasteiger partial charge in [-0.3, -0.25) is 14.5 Å². The second-order valence-corrected chi connectivity index (χ2v) is 8.13. The molecule has 1 unspecified atom stereocenters. The van der Waals surface area contributed by atoms with Gasteiger partial charge < -0.3 is 21.1 Å². The van der Waals surface area contributed by atoms with Crippen molar-refractivity contribution in [1.82, 2.24) is 10.6 Å². The third-order valence-corrected chi connectivity index (χ3v) is 5.66. The number of anilines is 2. The van der Waals surface area contributed by atoms with Gasteiger partial charge in [-0.25, -0.2) is 9.59 Å². The van der Waals surface area contributed by atoms with Crippen molar-refractivity contribution in [2.45, 2.75) is 38.8 Å². The molecule has 0 aromatic heterocycles. The Morgan fingerprint density at radius 1 is 1.27 bits per heavy atom. The summed E-state index contributed by atoms with van der Waals surface area (Å²) in [6, 6.07) is 4.33. The lowest BCUT2D eigenvalue weighted by Gasteiger charge is -2.32. The van der Waals surface area contributed by atoms with Crippen LogP contribution in [0, 0.1) is 5.92 Å². The van der Waals surface area contributed by atoms with Gasteiger partial charge in [0.2, 0.25) is 11.8 Å². The summed E-state index contributed by atoms with van der Waals surface area (Å²) >= 11 is 1.49. The summed E-state index contributed by atoms with van der Waals surface area (Å²) in [6.07, 6.45) is 2.73. The van der Waals surface area contributed by atoms with Crippen molar-refractivity contribution in [2.24, 2.45) is 5.92 Å². The van der Waals surface area contributed by atoms with E-state index in [0.717, 1.165) is 0 Å². The quantitative estimate of drug-likeness (QED) is 0.468. The average Bonchev–Trinajstić information content (AvgIpc) is 2.73. The number of carbonyl (C=O) groups is 4. The number of thioether (sulfide) groups is 1. The maximum absolute atomic E-state index is 13.0. The highest BCUT2D eigenvalue weighted by Gasteiger charge is 2.33. The number of hydrogen-bond donors (Lipinski definition) is 4. The van der Waals surface area contributed by atoms with Crippen LogP contribution in [0.3, 0.4) is 0 Å². The first-order chi connectivity index (χ1) is 14.3. The number of amides is 4. The second kappa shape index (κ2) is 10.9. The Hall–Kier alpha value is -2.75. The Morgan fingerprint density at radius 2 is 1.97 bits per heavy atom. The Balaban J connectivity index is 2.18. The maximum Gasteiger partial charge on any atom is 0.326 e. The van der Waals surface area contributed by atoms with Crippen molar-refractivity contribution in [2.75, 3.05) is 28.8 Å². The van der Waals surface area contributed by atoms with E-state index in [1.54, 1.807) is 31.2 Å². The van der Waals surface area contributed by atoms with E-state index in [-0.39, 0.29) is 24.8 Å². The van der Waals surface area contributed by atoms with Crippen LogP contribution < -0.4 is 20.9 Å². The van der Waals surface area contributed by atoms with Crippen LogP contribution in [0.2, 0.25) is 0 Å². The van der Waals surface area contributed by atoms with Gasteiger partial charge in [-0.1, -0.05) is 32.4 Å². The van der Waals surface area contributed by atoms with Gasteiger partial charge in [-0.15, -0.1) is 0 Å². The van der Waals surface area contributed by atoms with Crippen LogP contribution in [0.1, 0.15) is 26.7 Å². The molecule has 0 saturated heterocycles. The van der Waals surface area contributed by atoms with E-state index in [9.17, 15) is 24.3 Å². The molecule has 10 heteroatoms. The van der Waals surface area contributed by atoms with Crippen LogP contribution >= 0.6 is 11.8 Å². The first-order valence-corrected chi connectivity index (χ1v) is 11.2. The third-order valence-electron chi connectivity index (χ3n) is 5.02. The number of nitrogens with zero attached hydrogens (tertiary/aromatic N) is 1. The smallest absolute Gasteiger partial charge is 0.326 e. The van der Waals surface area contributed by atoms with Gasteiger partial charge in [0.15, 0.2) is 0 Å². The minimum absolute atomic E-state index is 0.177. The number of carbonyl (C=O) groups excluding carboxylic acids is 3. The van der Waals surface area contributed by atoms with E-state index >= 15 is 0 Å². The van der Waals surface area contributed by atoms with Gasteiger partial charge in [0.1, 0.15) is 18.6 Å². The molecule has 3 atom stereocenters. The van der Waals surface area contributed by atoms with Gasteiger partial charge in [0.05, 0.1) is 11.4 Å². The summed E-state index contributed by atoms with van der Waals surface area (Å²) < 4.78 is 0. The van der Waals surface area contributed by atoms with E-state index < -0.39 is 30.0 Å². The van der Waals surface area contributed by atoms with Crippen molar-refractivity contribution < 1.29 is 24.3 Å². The van der Waals surface area contributed by atoms with Crippen LogP contribution in [0.4, 0.5) is 16.2 Å². The normalized spacial score (nSPS) is 16.0. The fraction of sp³-hybridized carbons (Fsp3) is 0.500. The average molecular weight is 437 g/mol. The van der Waals surface area contributed by atoms with E-state index in [1.165, 1.54) is 16.7 Å². The molecular formula is C20H28N4O5S. The molecule has 1 aromatic carbocycles. The Morgan fingerprint density at radius 3 is 2.60 bits per heavy atom. The highest BCUT2D eigenvalue weighted by Crippen LogP contribution is 2.29. The molecular weight excluding hydrogens is 408 g/mol. The molecule has 4 N–H and O–H groups in total. The largest absolute Gasteiger partial charge is 0.480 e. The fourth-order valence-corrected chi connectivity index (χ4v) is 3.55. The van der Waals surface area contributed by atoms with Gasteiger partial charge in [0, 0.05) is 0 Å². The van der Waals surface area contributed by atoms with Crippen molar-refractivity contribution in [3.05, 3.63) is 24.3 Å². The molecule has 2 rings (SSSR count). The number of fused-ring (bicyclic) bond motifs is 1. The molecule has 9 nitrogen and oxygen atoms in total. The number of nitrogens with one attached hydrogen (secondary N) is 3. The van der Waals surface area contributed by atoms with Gasteiger partial charge in [-0.05, 0) is 36.5 Å². The predicted octanol–water partition coefficient (Wildman–Crippen LogP) is 1.89. The van der Waals surface area contributed by atoms with Gasteiger partial charge in [0.25, 0.3) is 0 Å². The zero-order chi connectivity index (χ0) is 22.3. The second-order valence-electron chi connectivity index (χ2n) is 7.15. The highest BCUT2D eigenvalue weighted by molar-refractivity contribution is 7.98. The molecule has 0 fully saturated rings. The molecule has 1 aliphatic heterocycles. The molecule has 0 radical (unpaired) electrons. The summed E-state index contributed by atoms with van der Waals surface area (Å²) in [5.41, 5.74) is 1.04. The van der Waals surface area contributed by atoms with Crippen molar-refractivity contribution in [1.29, 1.82) is 0 Å². The molecule has 0 bridgehead atoms. The van der Waals surface area contributed by atoms with Crippen LogP contribution in [0.25, 0.3) is 0 Å². The minimum Gasteiger partial charge on any atom is -0.480 e. The standard InChI is InChI=1S/C20H28N4O5S/c1-4-12(2)17(18(26)22-14(19(27)28)9-10-30-3)23-20(29)24-11-16(25)21-13-7-5-6-8-15(13)24/h5-8,12,14,17H,4,9-11H2,1-3H3,(H,21,25)(H,22,26)(H,23,29)(H,27,28)/t12?,14-,17-/m0/s1. The minimum atomic E-state index is -1.12. The summed E-state index contributed by atoms with van der Waals surface area (Å²) in [7, 11) is 0. The summed E-state index contributed by atoms with van der Waals surface area (Å²) in [6.45, 7) is 3.51. The van der Waals surface area contributed by atoms with E-state index in [1.807, 2.05) is 13.2 Å². The van der Waals surface area contributed by atoms with Gasteiger partial charge >= 0.3 is 12.0 Å². The Bertz CT molecular complexity index is 803. The topological polar surface area (TPSA) is 128 Å². The third kappa shape index (κ3) is 5.88. The lowest BCUT2D eigenvalue weighted by molar-refractivity contribution is -0.142. The number of para-hydroxylation sites is 2. The first kappa shape index (κ1) is 23.5. The maximum atomic E-state index is 13.0. The van der Waals surface area contributed by atoms with Crippen LogP contribution in [-0.4, -0.2) is 59.6 Å². The SMILES string of the molecule is CCC(C)[C@H](NC(=O)N1CC(=O)Nc2ccccc21)C(=O)N[C@@H](CCSC)C(=O)O. The monoisotopic (exact) mass is 436 g/mol. The Kier molecular flexibility index (Phi) is 8.52. The number of benzene rings is 1. The number of aliphatic carboxylic acids is 1. The van der Waals surface area contributed by atoms with E-state index in [2.05, 4.69) is 16.0 Å². The Labute approximate surface area is 180 Å². The molecule has 4 amide bonds. The zero-order valence-electron chi connectivity index (χ0n) is 17.3. The molecule has 30 heavy (non-hydrogen) atoms. The highest BCUT2D eigenvalue weighted by atomic mass is 32.2. The zero-order valence-corrected chi connectivity index (χ0v) is 18.1. The van der Waals surface area contributed by atoms with Crippen molar-refractivity contribution in [3.8, 4) is 0 Å². The number of urea groups is 1. The number of rotatable bonds is 9. The molecule has 164 valence electrons. The molecule has 0 spiro atoms.